The number of aromatic amines is 2. The molecular formula is C68H128N10O14Si3. The SMILES string of the molecule is C.C.CCCCCCCOC(=O)CCCCCOC(=O)NCC1(C)CC(NC(=O)Nc2nc(C)cc(=O)[nH]2)CC(C)(C)C1.Cc1cc(=O)[nH]c(NC(=O)NC2CC(C)(C)CC(C)(CNC(=O)OCCCCCC(=O)OCCCCCC[Si](C)(C)O[Si](C)(C)O[Si](C)(C)C)C2)n1. The summed E-state index contributed by atoms with van der Waals surface area (Å²) in [7, 11) is -5.50. The van der Waals surface area contributed by atoms with Gasteiger partial charge < -0.3 is 48.4 Å². The minimum absolute atomic E-state index is 0. The summed E-state index contributed by atoms with van der Waals surface area (Å²) < 4.78 is 34.4. The van der Waals surface area contributed by atoms with Crippen LogP contribution in [0.25, 0.3) is 0 Å². The fraction of sp³-hybridized carbons (Fsp3) is 0.794. The Morgan fingerprint density at radius 3 is 1.26 bits per heavy atom. The number of urea groups is 2. The van der Waals surface area contributed by atoms with Crippen LogP contribution >= 0.6 is 0 Å². The lowest BCUT2D eigenvalue weighted by molar-refractivity contribution is -0.144. The van der Waals surface area contributed by atoms with E-state index in [1.807, 2.05) is 0 Å². The molecule has 8 N–H and O–H groups in total. The molecule has 24 nitrogen and oxygen atoms in total. The van der Waals surface area contributed by atoms with Gasteiger partial charge in [0.25, 0.3) is 11.1 Å². The van der Waals surface area contributed by atoms with Gasteiger partial charge in [0.1, 0.15) is 0 Å². The Morgan fingerprint density at radius 2 is 0.884 bits per heavy atom. The Labute approximate surface area is 572 Å². The van der Waals surface area contributed by atoms with Crippen molar-refractivity contribution in [1.82, 2.24) is 41.2 Å². The minimum Gasteiger partial charge on any atom is -0.466 e. The lowest BCUT2D eigenvalue weighted by Gasteiger charge is -2.46. The molecule has 0 aliphatic heterocycles. The largest absolute Gasteiger partial charge is 0.466 e. The first-order valence-electron chi connectivity index (χ1n) is 34.2. The molecule has 2 aliphatic rings. The quantitative estimate of drug-likeness (QED) is 0.0135. The zero-order valence-corrected chi connectivity index (χ0v) is 62.6. The van der Waals surface area contributed by atoms with Crippen LogP contribution in [0.4, 0.5) is 31.1 Å². The van der Waals surface area contributed by atoms with E-state index in [1.54, 1.807) is 13.8 Å². The zero-order valence-electron chi connectivity index (χ0n) is 59.6. The zero-order chi connectivity index (χ0) is 69.5. The number of hydrogen-bond acceptors (Lipinski definition) is 16. The number of unbranched alkanes of at least 4 members (excludes halogenated alkanes) is 11. The van der Waals surface area contributed by atoms with Crippen LogP contribution in [0.5, 0.6) is 0 Å². The summed E-state index contributed by atoms with van der Waals surface area (Å²) in [5, 5.41) is 17.0. The molecule has 2 aromatic rings. The number of carbonyl (C=O) groups excluding carboxylic acids is 6. The van der Waals surface area contributed by atoms with Gasteiger partial charge in [0.2, 0.25) is 11.9 Å². The number of aryl methyl sites for hydroxylation is 2. The molecule has 2 aromatic heterocycles. The maximum atomic E-state index is 12.7. The Bertz CT molecular complexity index is 2780. The van der Waals surface area contributed by atoms with Gasteiger partial charge in [-0.1, -0.05) is 108 Å². The van der Waals surface area contributed by atoms with Crippen molar-refractivity contribution in [3.8, 4) is 0 Å². The van der Waals surface area contributed by atoms with E-state index in [2.05, 4.69) is 146 Å². The van der Waals surface area contributed by atoms with Gasteiger partial charge in [-0.3, -0.25) is 39.8 Å². The second-order valence-corrected chi connectivity index (χ2v) is 43.0. The second kappa shape index (κ2) is 42.2. The van der Waals surface area contributed by atoms with Crippen LogP contribution in [0, 0.1) is 35.5 Å². The lowest BCUT2D eigenvalue weighted by atomic mass is 9.62. The van der Waals surface area contributed by atoms with Crippen molar-refractivity contribution in [2.75, 3.05) is 50.2 Å². The Hall–Kier alpha value is -5.65. The summed E-state index contributed by atoms with van der Waals surface area (Å²) in [6, 6.07) is 2.69. The molecule has 0 aromatic carbocycles. The molecule has 4 rings (SSSR count). The maximum absolute atomic E-state index is 12.7. The molecule has 546 valence electrons. The van der Waals surface area contributed by atoms with E-state index in [1.165, 1.54) is 31.4 Å². The van der Waals surface area contributed by atoms with Gasteiger partial charge in [-0.05, 0) is 177 Å². The topological polar surface area (TPSA) is 321 Å². The molecule has 4 unspecified atom stereocenters. The maximum Gasteiger partial charge on any atom is 0.407 e. The van der Waals surface area contributed by atoms with Gasteiger partial charge in [0.15, 0.2) is 16.6 Å². The molecule has 0 saturated heterocycles. The first-order chi connectivity index (χ1) is 43.3. The molecule has 95 heavy (non-hydrogen) atoms. The van der Waals surface area contributed by atoms with E-state index in [9.17, 15) is 38.4 Å². The van der Waals surface area contributed by atoms with E-state index >= 15 is 0 Å². The van der Waals surface area contributed by atoms with Crippen molar-refractivity contribution in [3.63, 3.8) is 0 Å². The van der Waals surface area contributed by atoms with E-state index in [0.717, 1.165) is 83.1 Å². The molecule has 2 heterocycles. The molecule has 2 fully saturated rings. The highest BCUT2D eigenvalue weighted by molar-refractivity contribution is 6.87. The average Bonchev–Trinajstić information content (AvgIpc) is 0.807. The number of ether oxygens (including phenoxy) is 4. The summed E-state index contributed by atoms with van der Waals surface area (Å²) in [6.07, 6.45) is 18.5. The predicted octanol–water partition coefficient (Wildman–Crippen LogP) is 14.8. The monoisotopic (exact) mass is 1390 g/mol. The molecule has 4 atom stereocenters. The molecular weight excluding hydrogens is 1270 g/mol. The van der Waals surface area contributed by atoms with Crippen molar-refractivity contribution in [2.24, 2.45) is 21.7 Å². The first-order valence-corrected chi connectivity index (χ1v) is 43.5. The predicted molar refractivity (Wildman–Crippen MR) is 386 cm³/mol. The van der Waals surface area contributed by atoms with Crippen LogP contribution in [-0.4, -0.2) is 133 Å². The van der Waals surface area contributed by atoms with Crippen LogP contribution in [0.15, 0.2) is 21.7 Å². The fourth-order valence-corrected chi connectivity index (χ4v) is 26.8. The number of amides is 6. The number of rotatable bonds is 37. The standard InChI is InChI=1S/C36H69N5O8Si3.C30H51N5O6.2CH4/c1-28-23-30(42)40-32(38-28)41-33(44)39-29-24-35(2,3)26-36(4,25-29)27-37-34(45)47-21-17-14-15-19-31(43)46-20-16-12-13-18-22-51(8,9)49-52(10,11)48-50(5,6)7;1-6-7-8-9-12-15-40-25(37)14-11-10-13-16-41-28(39)31-21-30(5)19-23(18-29(3,4)20-30)33-27(38)35-26-32-22(2)17-24(36)34-26;;/h23,29H,12-22,24-27H2,1-11H3,(H,37,45)(H3,38,39,40,41,42,44);17,23H,6-16,18-21H2,1-5H3,(H,31,39)(H3,32,33,34,35,36,38);2*1H4. The normalized spacial score (nSPS) is 18.9. The number of anilines is 2. The summed E-state index contributed by atoms with van der Waals surface area (Å²) in [5.74, 6) is -0.136. The number of carbonyl (C=O) groups is 6. The number of nitrogens with zero attached hydrogens (tertiary/aromatic N) is 2. The average molecular weight is 1390 g/mol. The smallest absolute Gasteiger partial charge is 0.407 e. The molecule has 6 amide bonds. The number of alkyl carbamates (subject to hydrolysis) is 2. The van der Waals surface area contributed by atoms with Crippen LogP contribution in [-0.2, 0) is 36.8 Å². The molecule has 27 heteroatoms. The van der Waals surface area contributed by atoms with Crippen molar-refractivity contribution >= 4 is 73.3 Å². The van der Waals surface area contributed by atoms with Crippen molar-refractivity contribution in [2.45, 2.75) is 289 Å². The fourth-order valence-electron chi connectivity index (χ4n) is 13.5. The number of hydrogen-bond donors (Lipinski definition) is 8. The van der Waals surface area contributed by atoms with E-state index in [4.69, 9.17) is 27.2 Å². The van der Waals surface area contributed by atoms with Gasteiger partial charge in [-0.15, -0.1) is 0 Å². The molecule has 0 bridgehead atoms. The van der Waals surface area contributed by atoms with E-state index < -0.39 is 49.4 Å². The third kappa shape index (κ3) is 40.6. The summed E-state index contributed by atoms with van der Waals surface area (Å²) in [4.78, 5) is 111. The van der Waals surface area contributed by atoms with Gasteiger partial charge in [0.05, 0.1) is 26.4 Å². The Morgan fingerprint density at radius 1 is 0.516 bits per heavy atom. The Balaban J connectivity index is 0.000000955. The first kappa shape index (κ1) is 87.4. The third-order valence-corrected chi connectivity index (χ3v) is 26.3. The summed E-state index contributed by atoms with van der Waals surface area (Å²) >= 11 is 0. The molecule has 0 radical (unpaired) electrons. The molecule has 2 aliphatic carbocycles. The third-order valence-electron chi connectivity index (χ3n) is 16.1. The molecule has 2 saturated carbocycles. The second-order valence-electron chi connectivity index (χ2n) is 30.3. The molecule has 0 spiro atoms. The highest BCUT2D eigenvalue weighted by Gasteiger charge is 2.44. The van der Waals surface area contributed by atoms with Crippen LogP contribution in [0.3, 0.4) is 0 Å². The lowest BCUT2D eigenvalue weighted by Crippen LogP contribution is -2.51. The number of aromatic nitrogens is 4. The number of esters is 2. The van der Waals surface area contributed by atoms with Crippen LogP contribution in [0.2, 0.25) is 51.9 Å². The highest BCUT2D eigenvalue weighted by Crippen LogP contribution is 2.47. The van der Waals surface area contributed by atoms with Gasteiger partial charge >= 0.3 is 44.7 Å². The van der Waals surface area contributed by atoms with Gasteiger partial charge in [-0.25, -0.2) is 29.1 Å². The van der Waals surface area contributed by atoms with Crippen LogP contribution < -0.4 is 43.0 Å². The van der Waals surface area contributed by atoms with Crippen molar-refractivity contribution < 1.29 is 55.9 Å². The van der Waals surface area contributed by atoms with Crippen molar-refractivity contribution in [3.05, 3.63) is 44.2 Å². The number of H-pyrrole nitrogens is 2. The van der Waals surface area contributed by atoms with Gasteiger partial charge in [0, 0.05) is 61.5 Å². The number of nitrogens with one attached hydrogen (secondary N) is 8. The highest BCUT2D eigenvalue weighted by atomic mass is 28.5. The summed E-state index contributed by atoms with van der Waals surface area (Å²) in [5.41, 5.74) is -0.273. The Kier molecular flexibility index (Phi) is 38.8. The van der Waals surface area contributed by atoms with Crippen LogP contribution in [0.1, 0.15) is 222 Å². The van der Waals surface area contributed by atoms with Crippen molar-refractivity contribution in [1.29, 1.82) is 0 Å². The van der Waals surface area contributed by atoms with Gasteiger partial charge in [-0.2, -0.15) is 0 Å². The van der Waals surface area contributed by atoms with E-state index in [-0.39, 0.29) is 90.2 Å². The van der Waals surface area contributed by atoms with E-state index in [0.29, 0.717) is 95.7 Å². The minimum atomic E-state index is -2.10. The summed E-state index contributed by atoms with van der Waals surface area (Å²) in [6.45, 7) is 36.3.